The first-order chi connectivity index (χ1) is 9.50. The van der Waals surface area contributed by atoms with E-state index in [0.717, 1.165) is 38.6 Å². The van der Waals surface area contributed by atoms with E-state index in [1.54, 1.807) is 8.61 Å². The average Bonchev–Trinajstić information content (AvgIpc) is 2.46. The van der Waals surface area contributed by atoms with E-state index in [0.29, 0.717) is 38.1 Å². The molecule has 0 aromatic carbocycles. The topological polar surface area (TPSA) is 52.7 Å². The molecule has 2 fully saturated rings. The van der Waals surface area contributed by atoms with E-state index in [9.17, 15) is 8.42 Å². The Morgan fingerprint density at radius 2 is 1.70 bits per heavy atom. The van der Waals surface area contributed by atoms with Crippen LogP contribution in [0.25, 0.3) is 0 Å². The Bertz CT molecular complexity index is 391. The molecule has 2 aliphatic heterocycles. The Morgan fingerprint density at radius 3 is 2.35 bits per heavy atom. The third-order valence-corrected chi connectivity index (χ3v) is 6.27. The zero-order valence-corrected chi connectivity index (χ0v) is 13.7. The van der Waals surface area contributed by atoms with Gasteiger partial charge in [0.1, 0.15) is 0 Å². The van der Waals surface area contributed by atoms with Crippen LogP contribution in [0.4, 0.5) is 0 Å². The molecule has 5 nitrogen and oxygen atoms in total. The van der Waals surface area contributed by atoms with Crippen LogP contribution in [0.2, 0.25) is 0 Å². The molecule has 1 atom stereocenters. The lowest BCUT2D eigenvalue weighted by Crippen LogP contribution is -2.50. The summed E-state index contributed by atoms with van der Waals surface area (Å²) in [5.74, 6) is 0.450. The Hall–Kier alpha value is -0.170. The molecule has 6 heteroatoms. The Labute approximate surface area is 123 Å². The van der Waals surface area contributed by atoms with Crippen LogP contribution in [0.3, 0.4) is 0 Å². The third kappa shape index (κ3) is 4.16. The van der Waals surface area contributed by atoms with Crippen molar-refractivity contribution in [3.8, 4) is 0 Å². The molecule has 20 heavy (non-hydrogen) atoms. The van der Waals surface area contributed by atoms with E-state index in [1.165, 1.54) is 0 Å². The molecule has 0 bridgehead atoms. The lowest BCUT2D eigenvalue weighted by Gasteiger charge is -2.37. The van der Waals surface area contributed by atoms with E-state index in [2.05, 4.69) is 19.2 Å². The van der Waals surface area contributed by atoms with Crippen molar-refractivity contribution in [1.82, 2.24) is 13.9 Å². The maximum absolute atomic E-state index is 12.7. The number of rotatable bonds is 5. The molecular weight excluding hydrogens is 274 g/mol. The lowest BCUT2D eigenvalue weighted by atomic mass is 9.99. The summed E-state index contributed by atoms with van der Waals surface area (Å²) in [6.07, 6.45) is 5.28. The second kappa shape index (κ2) is 7.20. The quantitative estimate of drug-likeness (QED) is 0.836. The van der Waals surface area contributed by atoms with E-state index in [-0.39, 0.29) is 0 Å². The summed E-state index contributed by atoms with van der Waals surface area (Å²) < 4.78 is 28.7. The fourth-order valence-electron chi connectivity index (χ4n) is 3.06. The molecule has 2 rings (SSSR count). The van der Waals surface area contributed by atoms with Gasteiger partial charge >= 0.3 is 0 Å². The third-order valence-electron chi connectivity index (χ3n) is 4.26. The highest BCUT2D eigenvalue weighted by Crippen LogP contribution is 2.23. The van der Waals surface area contributed by atoms with Crippen molar-refractivity contribution in [2.45, 2.75) is 52.0 Å². The zero-order valence-electron chi connectivity index (χ0n) is 12.8. The maximum Gasteiger partial charge on any atom is 0.281 e. The van der Waals surface area contributed by atoms with Crippen molar-refractivity contribution in [2.75, 3.05) is 32.7 Å². The second-order valence-corrected chi connectivity index (χ2v) is 8.33. The molecular formula is C14H29N3O2S. The minimum absolute atomic E-state index is 0.450. The first-order valence-electron chi connectivity index (χ1n) is 7.99. The van der Waals surface area contributed by atoms with Crippen molar-refractivity contribution in [2.24, 2.45) is 5.92 Å². The Morgan fingerprint density at radius 1 is 1.05 bits per heavy atom. The van der Waals surface area contributed by atoms with Gasteiger partial charge in [-0.25, -0.2) is 0 Å². The summed E-state index contributed by atoms with van der Waals surface area (Å²) in [4.78, 5) is 0. The van der Waals surface area contributed by atoms with Crippen molar-refractivity contribution in [3.05, 3.63) is 0 Å². The summed E-state index contributed by atoms with van der Waals surface area (Å²) in [5.41, 5.74) is 0. The monoisotopic (exact) mass is 303 g/mol. The van der Waals surface area contributed by atoms with Gasteiger partial charge in [-0.15, -0.1) is 0 Å². The SMILES string of the molecule is CC(C)NCC1CCCN(S(=O)(=O)N2CCCCC2)C1. The molecule has 0 saturated carbocycles. The second-order valence-electron chi connectivity index (χ2n) is 6.40. The number of piperidine rings is 2. The van der Waals surface area contributed by atoms with Gasteiger partial charge < -0.3 is 5.32 Å². The van der Waals surface area contributed by atoms with Gasteiger partial charge in [0.05, 0.1) is 0 Å². The van der Waals surface area contributed by atoms with E-state index in [4.69, 9.17) is 0 Å². The average molecular weight is 303 g/mol. The van der Waals surface area contributed by atoms with Crippen LogP contribution in [0.5, 0.6) is 0 Å². The normalized spacial score (nSPS) is 27.1. The number of nitrogens with zero attached hydrogens (tertiary/aromatic N) is 2. The highest BCUT2D eigenvalue weighted by atomic mass is 32.2. The maximum atomic E-state index is 12.7. The molecule has 2 saturated heterocycles. The van der Waals surface area contributed by atoms with Crippen molar-refractivity contribution >= 4 is 10.2 Å². The molecule has 2 aliphatic rings. The highest BCUT2D eigenvalue weighted by Gasteiger charge is 2.33. The summed E-state index contributed by atoms with van der Waals surface area (Å²) in [5, 5.41) is 3.43. The number of hydrogen-bond acceptors (Lipinski definition) is 3. The zero-order chi connectivity index (χ0) is 14.6. The van der Waals surface area contributed by atoms with Crippen LogP contribution in [0, 0.1) is 5.92 Å². The summed E-state index contributed by atoms with van der Waals surface area (Å²) in [7, 11) is -3.22. The summed E-state index contributed by atoms with van der Waals surface area (Å²) in [6, 6.07) is 0.462. The molecule has 0 radical (unpaired) electrons. The fourth-order valence-corrected chi connectivity index (χ4v) is 4.87. The van der Waals surface area contributed by atoms with Gasteiger partial charge in [-0.3, -0.25) is 0 Å². The predicted octanol–water partition coefficient (Wildman–Crippen LogP) is 1.43. The smallest absolute Gasteiger partial charge is 0.281 e. The Balaban J connectivity index is 1.93. The van der Waals surface area contributed by atoms with Crippen LogP contribution in [-0.2, 0) is 10.2 Å². The van der Waals surface area contributed by atoms with Crippen LogP contribution in [0.15, 0.2) is 0 Å². The molecule has 2 heterocycles. The molecule has 118 valence electrons. The standard InChI is InChI=1S/C14H29N3O2S/c1-13(2)15-11-14-7-6-10-17(12-14)20(18,19)16-8-4-3-5-9-16/h13-15H,3-12H2,1-2H3. The molecule has 0 spiro atoms. The molecule has 0 aromatic heterocycles. The number of nitrogens with one attached hydrogen (secondary N) is 1. The van der Waals surface area contributed by atoms with Crippen molar-refractivity contribution in [3.63, 3.8) is 0 Å². The van der Waals surface area contributed by atoms with Gasteiger partial charge in [-0.1, -0.05) is 20.3 Å². The van der Waals surface area contributed by atoms with E-state index < -0.39 is 10.2 Å². The molecule has 0 aromatic rings. The highest BCUT2D eigenvalue weighted by molar-refractivity contribution is 7.86. The summed E-state index contributed by atoms with van der Waals surface area (Å²) in [6.45, 7) is 7.96. The van der Waals surface area contributed by atoms with Crippen LogP contribution < -0.4 is 5.32 Å². The van der Waals surface area contributed by atoms with Crippen LogP contribution in [-0.4, -0.2) is 55.8 Å². The van der Waals surface area contributed by atoms with Crippen molar-refractivity contribution in [1.29, 1.82) is 0 Å². The van der Waals surface area contributed by atoms with Crippen LogP contribution in [0.1, 0.15) is 46.0 Å². The molecule has 1 unspecified atom stereocenters. The minimum Gasteiger partial charge on any atom is -0.314 e. The minimum atomic E-state index is -3.22. The predicted molar refractivity (Wildman–Crippen MR) is 81.8 cm³/mol. The molecule has 1 N–H and O–H groups in total. The fraction of sp³-hybridized carbons (Fsp3) is 1.00. The lowest BCUT2D eigenvalue weighted by molar-refractivity contribution is 0.232. The largest absolute Gasteiger partial charge is 0.314 e. The van der Waals surface area contributed by atoms with Gasteiger partial charge in [0, 0.05) is 32.2 Å². The van der Waals surface area contributed by atoms with E-state index in [1.807, 2.05) is 0 Å². The van der Waals surface area contributed by atoms with Gasteiger partial charge in [0.15, 0.2) is 0 Å². The number of hydrogen-bond donors (Lipinski definition) is 1. The molecule has 0 amide bonds. The Kier molecular flexibility index (Phi) is 5.84. The van der Waals surface area contributed by atoms with Crippen molar-refractivity contribution < 1.29 is 8.42 Å². The summed E-state index contributed by atoms with van der Waals surface area (Å²) >= 11 is 0. The van der Waals surface area contributed by atoms with Gasteiger partial charge in [0.2, 0.25) is 0 Å². The first-order valence-corrected chi connectivity index (χ1v) is 9.38. The van der Waals surface area contributed by atoms with E-state index >= 15 is 0 Å². The van der Waals surface area contributed by atoms with Gasteiger partial charge in [-0.2, -0.15) is 17.0 Å². The first kappa shape index (κ1) is 16.2. The molecule has 0 aliphatic carbocycles. The van der Waals surface area contributed by atoms with Crippen LogP contribution >= 0.6 is 0 Å². The van der Waals surface area contributed by atoms with Gasteiger partial charge in [-0.05, 0) is 38.1 Å². The van der Waals surface area contributed by atoms with Gasteiger partial charge in [0.25, 0.3) is 10.2 Å².